The van der Waals surface area contributed by atoms with E-state index in [1.807, 2.05) is 24.4 Å². The molecule has 0 aromatic carbocycles. The average molecular weight is 244 g/mol. The molecule has 18 heavy (non-hydrogen) atoms. The third-order valence-electron chi connectivity index (χ3n) is 3.66. The van der Waals surface area contributed by atoms with Gasteiger partial charge in [-0.3, -0.25) is 0 Å². The lowest BCUT2D eigenvalue weighted by molar-refractivity contribution is 0.728. The van der Waals surface area contributed by atoms with Crippen molar-refractivity contribution in [3.05, 3.63) is 30.1 Å². The zero-order valence-electron chi connectivity index (χ0n) is 10.8. The molecule has 2 heterocycles. The van der Waals surface area contributed by atoms with Crippen molar-refractivity contribution in [2.75, 3.05) is 18.0 Å². The van der Waals surface area contributed by atoms with E-state index < -0.39 is 0 Å². The van der Waals surface area contributed by atoms with E-state index in [4.69, 9.17) is 10.7 Å². The number of hydrogen-bond acceptors (Lipinski definition) is 3. The monoisotopic (exact) mass is 244 g/mol. The Kier molecular flexibility index (Phi) is 2.96. The van der Waals surface area contributed by atoms with Crippen molar-refractivity contribution in [1.82, 2.24) is 9.38 Å². The molecule has 1 fully saturated rings. The van der Waals surface area contributed by atoms with Crippen LogP contribution in [0.4, 0.5) is 5.82 Å². The normalized spacial score (nSPS) is 15.2. The van der Waals surface area contributed by atoms with Gasteiger partial charge in [-0.1, -0.05) is 6.07 Å². The standard InChI is InChI=1S/C14H20N4/c1-2-17(10-11-6-7-11)14-12(9-15)18-8-4-3-5-13(18)16-14/h3-5,8,11H,2,6-7,9-10,15H2,1H3. The van der Waals surface area contributed by atoms with Crippen molar-refractivity contribution in [3.8, 4) is 0 Å². The molecular formula is C14H20N4. The number of pyridine rings is 1. The highest BCUT2D eigenvalue weighted by molar-refractivity contribution is 5.56. The molecule has 3 rings (SSSR count). The third kappa shape index (κ3) is 1.97. The van der Waals surface area contributed by atoms with E-state index in [-0.39, 0.29) is 0 Å². The van der Waals surface area contributed by atoms with Crippen LogP contribution in [0.3, 0.4) is 0 Å². The first-order valence-corrected chi connectivity index (χ1v) is 6.74. The predicted molar refractivity (Wildman–Crippen MR) is 73.7 cm³/mol. The molecule has 1 saturated carbocycles. The molecule has 0 atom stereocenters. The summed E-state index contributed by atoms with van der Waals surface area (Å²) in [6.45, 7) is 4.83. The zero-order chi connectivity index (χ0) is 12.5. The van der Waals surface area contributed by atoms with Gasteiger partial charge in [-0.15, -0.1) is 0 Å². The molecule has 96 valence electrons. The van der Waals surface area contributed by atoms with Crippen molar-refractivity contribution in [2.45, 2.75) is 26.3 Å². The van der Waals surface area contributed by atoms with Crippen LogP contribution in [0.2, 0.25) is 0 Å². The maximum atomic E-state index is 5.91. The van der Waals surface area contributed by atoms with E-state index in [0.29, 0.717) is 6.54 Å². The first-order valence-electron chi connectivity index (χ1n) is 6.74. The molecule has 1 aliphatic rings. The van der Waals surface area contributed by atoms with Gasteiger partial charge in [0.2, 0.25) is 0 Å². The first-order chi connectivity index (χ1) is 8.83. The number of imidazole rings is 1. The van der Waals surface area contributed by atoms with Crippen LogP contribution < -0.4 is 10.6 Å². The maximum Gasteiger partial charge on any atom is 0.152 e. The third-order valence-corrected chi connectivity index (χ3v) is 3.66. The van der Waals surface area contributed by atoms with Gasteiger partial charge in [0.1, 0.15) is 5.65 Å². The number of fused-ring (bicyclic) bond motifs is 1. The van der Waals surface area contributed by atoms with Gasteiger partial charge in [-0.05, 0) is 37.8 Å². The van der Waals surface area contributed by atoms with Gasteiger partial charge in [0.15, 0.2) is 5.82 Å². The number of hydrogen-bond donors (Lipinski definition) is 1. The molecule has 0 bridgehead atoms. The van der Waals surface area contributed by atoms with E-state index in [1.54, 1.807) is 0 Å². The molecule has 1 aliphatic carbocycles. The minimum absolute atomic E-state index is 0.529. The van der Waals surface area contributed by atoms with Crippen molar-refractivity contribution in [1.29, 1.82) is 0 Å². The molecule has 0 spiro atoms. The van der Waals surface area contributed by atoms with Gasteiger partial charge in [-0.25, -0.2) is 4.98 Å². The fourth-order valence-electron chi connectivity index (χ4n) is 2.45. The molecule has 4 heteroatoms. The Balaban J connectivity index is 2.02. The van der Waals surface area contributed by atoms with Crippen molar-refractivity contribution in [3.63, 3.8) is 0 Å². The first kappa shape index (κ1) is 11.5. The topological polar surface area (TPSA) is 46.6 Å². The molecule has 2 aromatic rings. The van der Waals surface area contributed by atoms with Crippen LogP contribution in [-0.2, 0) is 6.54 Å². The van der Waals surface area contributed by atoms with Crippen LogP contribution in [0.5, 0.6) is 0 Å². The summed E-state index contributed by atoms with van der Waals surface area (Å²) in [6, 6.07) is 6.08. The smallest absolute Gasteiger partial charge is 0.152 e. The largest absolute Gasteiger partial charge is 0.355 e. The van der Waals surface area contributed by atoms with Crippen molar-refractivity contribution in [2.24, 2.45) is 11.7 Å². The fourth-order valence-corrected chi connectivity index (χ4v) is 2.45. The van der Waals surface area contributed by atoms with Crippen LogP contribution in [0.25, 0.3) is 5.65 Å². The number of rotatable bonds is 5. The molecule has 0 unspecified atom stereocenters. The lowest BCUT2D eigenvalue weighted by Gasteiger charge is -2.21. The van der Waals surface area contributed by atoms with Crippen LogP contribution in [0, 0.1) is 5.92 Å². The Labute approximate surface area is 107 Å². The van der Waals surface area contributed by atoms with E-state index in [0.717, 1.165) is 36.2 Å². The second-order valence-corrected chi connectivity index (χ2v) is 5.00. The van der Waals surface area contributed by atoms with Gasteiger partial charge in [-0.2, -0.15) is 0 Å². The number of nitrogens with zero attached hydrogens (tertiary/aromatic N) is 3. The Morgan fingerprint density at radius 1 is 1.44 bits per heavy atom. The molecule has 0 saturated heterocycles. The quantitative estimate of drug-likeness (QED) is 0.875. The van der Waals surface area contributed by atoms with Gasteiger partial charge in [0.05, 0.1) is 5.69 Å². The van der Waals surface area contributed by atoms with Crippen LogP contribution in [-0.4, -0.2) is 22.5 Å². The fraction of sp³-hybridized carbons (Fsp3) is 0.500. The molecule has 4 nitrogen and oxygen atoms in total. The van der Waals surface area contributed by atoms with E-state index in [9.17, 15) is 0 Å². The van der Waals surface area contributed by atoms with Crippen LogP contribution >= 0.6 is 0 Å². The summed E-state index contributed by atoms with van der Waals surface area (Å²) in [5, 5.41) is 0. The van der Waals surface area contributed by atoms with Crippen molar-refractivity contribution < 1.29 is 0 Å². The highest BCUT2D eigenvalue weighted by Gasteiger charge is 2.26. The molecule has 0 aliphatic heterocycles. The second kappa shape index (κ2) is 4.61. The lowest BCUT2D eigenvalue weighted by atomic mass is 10.3. The molecular weight excluding hydrogens is 224 g/mol. The average Bonchev–Trinajstić information content (AvgIpc) is 3.14. The predicted octanol–water partition coefficient (Wildman–Crippen LogP) is 2.03. The lowest BCUT2D eigenvalue weighted by Crippen LogP contribution is -2.27. The van der Waals surface area contributed by atoms with E-state index in [1.165, 1.54) is 12.8 Å². The zero-order valence-corrected chi connectivity index (χ0v) is 10.8. The van der Waals surface area contributed by atoms with E-state index in [2.05, 4.69) is 16.2 Å². The molecule has 2 aromatic heterocycles. The highest BCUT2D eigenvalue weighted by Crippen LogP contribution is 2.32. The summed E-state index contributed by atoms with van der Waals surface area (Å²) in [4.78, 5) is 7.11. The molecule has 0 amide bonds. The minimum atomic E-state index is 0.529. The second-order valence-electron chi connectivity index (χ2n) is 5.00. The van der Waals surface area contributed by atoms with E-state index >= 15 is 0 Å². The van der Waals surface area contributed by atoms with Gasteiger partial charge in [0, 0.05) is 25.8 Å². The summed E-state index contributed by atoms with van der Waals surface area (Å²) in [5.41, 5.74) is 8.02. The summed E-state index contributed by atoms with van der Waals surface area (Å²) in [6.07, 6.45) is 4.77. The summed E-state index contributed by atoms with van der Waals surface area (Å²) in [7, 11) is 0. The molecule has 0 radical (unpaired) electrons. The Bertz CT molecular complexity index is 542. The summed E-state index contributed by atoms with van der Waals surface area (Å²) >= 11 is 0. The molecule has 2 N–H and O–H groups in total. The van der Waals surface area contributed by atoms with Crippen LogP contribution in [0.1, 0.15) is 25.5 Å². The number of anilines is 1. The summed E-state index contributed by atoms with van der Waals surface area (Å²) in [5.74, 6) is 1.93. The Morgan fingerprint density at radius 2 is 2.28 bits per heavy atom. The summed E-state index contributed by atoms with van der Waals surface area (Å²) < 4.78 is 2.10. The van der Waals surface area contributed by atoms with Crippen LogP contribution in [0.15, 0.2) is 24.4 Å². The number of aromatic nitrogens is 2. The highest BCUT2D eigenvalue weighted by atomic mass is 15.2. The Morgan fingerprint density at radius 3 is 2.94 bits per heavy atom. The SMILES string of the molecule is CCN(CC1CC1)c1nc2ccccn2c1CN. The van der Waals surface area contributed by atoms with Gasteiger partial charge < -0.3 is 15.0 Å². The van der Waals surface area contributed by atoms with Gasteiger partial charge >= 0.3 is 0 Å². The number of nitrogens with two attached hydrogens (primary N) is 1. The maximum absolute atomic E-state index is 5.91. The van der Waals surface area contributed by atoms with Crippen molar-refractivity contribution >= 4 is 11.5 Å². The minimum Gasteiger partial charge on any atom is -0.355 e. The van der Waals surface area contributed by atoms with Gasteiger partial charge in [0.25, 0.3) is 0 Å². The Hall–Kier alpha value is -1.55.